The Kier molecular flexibility index (Phi) is 4.08. The molecule has 110 valence electrons. The maximum atomic E-state index is 11.4. The van der Waals surface area contributed by atoms with Gasteiger partial charge in [0.05, 0.1) is 4.92 Å². The molecule has 0 saturated carbocycles. The second-order valence-electron chi connectivity index (χ2n) is 5.25. The van der Waals surface area contributed by atoms with Crippen molar-refractivity contribution in [2.45, 2.75) is 25.8 Å². The third kappa shape index (κ3) is 2.94. The van der Waals surface area contributed by atoms with Crippen molar-refractivity contribution in [2.75, 3.05) is 11.4 Å². The molecule has 0 radical (unpaired) electrons. The molecule has 1 heterocycles. The molecule has 1 aromatic rings. The predicted octanol–water partition coefficient (Wildman–Crippen LogP) is 2.16. The minimum absolute atomic E-state index is 0.0553. The topological polar surface area (TPSA) is 107 Å². The summed E-state index contributed by atoms with van der Waals surface area (Å²) in [5, 5.41) is 29.2. The van der Waals surface area contributed by atoms with Crippen LogP contribution in [0.2, 0.25) is 0 Å². The quantitative estimate of drug-likeness (QED) is 0.674. The normalized spacial score (nSPS) is 21.6. The van der Waals surface area contributed by atoms with Gasteiger partial charge in [-0.25, -0.2) is 4.79 Å². The molecule has 1 aliphatic heterocycles. The SMILES string of the molecule is CC1CCN(c2ccc([N+](=O)[O-])c(C#N)c2)C(C(=O)O)C1. The molecule has 7 heteroatoms. The van der Waals surface area contributed by atoms with Gasteiger partial charge in [0, 0.05) is 18.3 Å². The number of nitro benzene ring substituents is 1. The van der Waals surface area contributed by atoms with Crippen LogP contribution in [0.15, 0.2) is 18.2 Å². The fraction of sp³-hybridized carbons (Fsp3) is 0.429. The first-order valence-corrected chi connectivity index (χ1v) is 6.62. The molecule has 2 atom stereocenters. The van der Waals surface area contributed by atoms with E-state index in [0.29, 0.717) is 24.6 Å². The van der Waals surface area contributed by atoms with E-state index in [9.17, 15) is 20.0 Å². The molecular weight excluding hydrogens is 274 g/mol. The zero-order valence-corrected chi connectivity index (χ0v) is 11.5. The van der Waals surface area contributed by atoms with E-state index >= 15 is 0 Å². The zero-order valence-electron chi connectivity index (χ0n) is 11.5. The molecule has 21 heavy (non-hydrogen) atoms. The Hall–Kier alpha value is -2.62. The summed E-state index contributed by atoms with van der Waals surface area (Å²) in [6.45, 7) is 2.56. The van der Waals surface area contributed by atoms with Crippen LogP contribution in [-0.2, 0) is 4.79 Å². The first-order chi connectivity index (χ1) is 9.93. The molecule has 1 fully saturated rings. The van der Waals surface area contributed by atoms with Crippen LogP contribution in [0.3, 0.4) is 0 Å². The summed E-state index contributed by atoms with van der Waals surface area (Å²) in [6.07, 6.45) is 1.37. The fourth-order valence-corrected chi connectivity index (χ4v) is 2.64. The second kappa shape index (κ2) is 5.79. The highest BCUT2D eigenvalue weighted by atomic mass is 16.6. The van der Waals surface area contributed by atoms with Crippen molar-refractivity contribution in [1.29, 1.82) is 5.26 Å². The van der Waals surface area contributed by atoms with Crippen molar-refractivity contribution in [2.24, 2.45) is 5.92 Å². The van der Waals surface area contributed by atoms with Gasteiger partial charge in [0.25, 0.3) is 5.69 Å². The summed E-state index contributed by atoms with van der Waals surface area (Å²) in [6, 6.07) is 5.28. The van der Waals surface area contributed by atoms with E-state index in [4.69, 9.17) is 5.26 Å². The van der Waals surface area contributed by atoms with E-state index in [1.807, 2.05) is 6.92 Å². The molecule has 1 aliphatic rings. The highest BCUT2D eigenvalue weighted by Gasteiger charge is 2.32. The molecular formula is C14H15N3O4. The Labute approximate surface area is 121 Å². The van der Waals surface area contributed by atoms with Crippen LogP contribution in [0.25, 0.3) is 0 Å². The van der Waals surface area contributed by atoms with Crippen molar-refractivity contribution >= 4 is 17.3 Å². The number of nitriles is 1. The van der Waals surface area contributed by atoms with E-state index in [1.54, 1.807) is 11.0 Å². The number of carboxylic acids is 1. The molecule has 0 aromatic heterocycles. The molecule has 0 spiro atoms. The summed E-state index contributed by atoms with van der Waals surface area (Å²) in [5.41, 5.74) is 0.218. The van der Waals surface area contributed by atoms with Crippen LogP contribution in [0.5, 0.6) is 0 Å². The number of rotatable bonds is 3. The number of hydrogen-bond donors (Lipinski definition) is 1. The van der Waals surface area contributed by atoms with Gasteiger partial charge in [0.15, 0.2) is 0 Å². The molecule has 1 aromatic carbocycles. The van der Waals surface area contributed by atoms with Crippen LogP contribution >= 0.6 is 0 Å². The molecule has 1 N–H and O–H groups in total. The third-order valence-electron chi connectivity index (χ3n) is 3.78. The average molecular weight is 289 g/mol. The van der Waals surface area contributed by atoms with Crippen molar-refractivity contribution in [3.63, 3.8) is 0 Å². The zero-order chi connectivity index (χ0) is 15.6. The number of piperidine rings is 1. The summed E-state index contributed by atoms with van der Waals surface area (Å²) in [7, 11) is 0. The van der Waals surface area contributed by atoms with Gasteiger partial charge in [-0.1, -0.05) is 6.92 Å². The van der Waals surface area contributed by atoms with Crippen LogP contribution in [0, 0.1) is 27.4 Å². The van der Waals surface area contributed by atoms with Gasteiger partial charge in [-0.15, -0.1) is 0 Å². The maximum Gasteiger partial charge on any atom is 0.326 e. The number of benzene rings is 1. The molecule has 7 nitrogen and oxygen atoms in total. The molecule has 0 amide bonds. The van der Waals surface area contributed by atoms with Crippen LogP contribution in [0.1, 0.15) is 25.3 Å². The van der Waals surface area contributed by atoms with Crippen molar-refractivity contribution in [3.05, 3.63) is 33.9 Å². The molecule has 2 rings (SSSR count). The minimum atomic E-state index is -0.918. The number of nitrogens with zero attached hydrogens (tertiary/aromatic N) is 3. The number of carbonyl (C=O) groups is 1. The highest BCUT2D eigenvalue weighted by molar-refractivity contribution is 5.79. The lowest BCUT2D eigenvalue weighted by Gasteiger charge is -2.37. The molecule has 1 saturated heterocycles. The Morgan fingerprint density at radius 3 is 2.86 bits per heavy atom. The standard InChI is InChI=1S/C14H15N3O4/c1-9-4-5-16(13(6-9)14(18)19)11-2-3-12(17(20)21)10(7-11)8-15/h2-3,7,9,13H,4-6H2,1H3,(H,18,19). The van der Waals surface area contributed by atoms with Crippen LogP contribution in [-0.4, -0.2) is 28.6 Å². The molecule has 0 aliphatic carbocycles. The van der Waals surface area contributed by atoms with Crippen molar-refractivity contribution in [3.8, 4) is 6.07 Å². The highest BCUT2D eigenvalue weighted by Crippen LogP contribution is 2.31. The summed E-state index contributed by atoms with van der Waals surface area (Å²) in [4.78, 5) is 23.3. The van der Waals surface area contributed by atoms with E-state index in [1.165, 1.54) is 18.2 Å². The summed E-state index contributed by atoms with van der Waals surface area (Å²) < 4.78 is 0. The van der Waals surface area contributed by atoms with E-state index in [2.05, 4.69) is 0 Å². The average Bonchev–Trinajstić information content (AvgIpc) is 2.46. The lowest BCUT2D eigenvalue weighted by atomic mass is 9.92. The predicted molar refractivity (Wildman–Crippen MR) is 75.0 cm³/mol. The van der Waals surface area contributed by atoms with Gasteiger partial charge in [0.2, 0.25) is 0 Å². The maximum absolute atomic E-state index is 11.4. The number of hydrogen-bond acceptors (Lipinski definition) is 5. The van der Waals surface area contributed by atoms with E-state index in [-0.39, 0.29) is 11.3 Å². The number of nitro groups is 1. The Bertz CT molecular complexity index is 623. The van der Waals surface area contributed by atoms with Gasteiger partial charge in [0.1, 0.15) is 17.7 Å². The largest absolute Gasteiger partial charge is 0.480 e. The van der Waals surface area contributed by atoms with Crippen molar-refractivity contribution < 1.29 is 14.8 Å². The van der Waals surface area contributed by atoms with E-state index < -0.39 is 16.9 Å². The van der Waals surface area contributed by atoms with Crippen LogP contribution in [0.4, 0.5) is 11.4 Å². The Morgan fingerprint density at radius 2 is 2.29 bits per heavy atom. The first kappa shape index (κ1) is 14.8. The monoisotopic (exact) mass is 289 g/mol. The van der Waals surface area contributed by atoms with Crippen LogP contribution < -0.4 is 4.90 Å². The Balaban J connectivity index is 2.39. The second-order valence-corrected chi connectivity index (χ2v) is 5.25. The van der Waals surface area contributed by atoms with Gasteiger partial charge in [-0.2, -0.15) is 5.26 Å². The smallest absolute Gasteiger partial charge is 0.326 e. The van der Waals surface area contributed by atoms with Gasteiger partial charge in [-0.3, -0.25) is 10.1 Å². The van der Waals surface area contributed by atoms with Gasteiger partial charge >= 0.3 is 5.97 Å². The number of aliphatic carboxylic acids is 1. The summed E-state index contributed by atoms with van der Waals surface area (Å²) >= 11 is 0. The van der Waals surface area contributed by atoms with E-state index in [0.717, 1.165) is 6.42 Å². The summed E-state index contributed by atoms with van der Waals surface area (Å²) in [5.74, 6) is -0.603. The van der Waals surface area contributed by atoms with Gasteiger partial charge < -0.3 is 10.0 Å². The minimum Gasteiger partial charge on any atom is -0.480 e. The number of carboxylic acid groups (broad SMARTS) is 1. The number of anilines is 1. The third-order valence-corrected chi connectivity index (χ3v) is 3.78. The molecule has 2 unspecified atom stereocenters. The lowest BCUT2D eigenvalue weighted by Crippen LogP contribution is -2.47. The molecule has 0 bridgehead atoms. The Morgan fingerprint density at radius 1 is 1.57 bits per heavy atom. The fourth-order valence-electron chi connectivity index (χ4n) is 2.64. The van der Waals surface area contributed by atoms with Crippen molar-refractivity contribution in [1.82, 2.24) is 0 Å². The first-order valence-electron chi connectivity index (χ1n) is 6.62. The lowest BCUT2D eigenvalue weighted by molar-refractivity contribution is -0.385. The van der Waals surface area contributed by atoms with Gasteiger partial charge in [-0.05, 0) is 30.9 Å².